The van der Waals surface area contributed by atoms with E-state index in [2.05, 4.69) is 4.74 Å². The summed E-state index contributed by atoms with van der Waals surface area (Å²) in [5.74, 6) is -1.32. The first-order valence-corrected chi connectivity index (χ1v) is 4.80. The Balaban J connectivity index is 3.06. The largest absolute Gasteiger partial charge is 0.479 e. The third-order valence-corrected chi connectivity index (χ3v) is 2.22. The number of para-hydroxylation sites is 1. The van der Waals surface area contributed by atoms with Crippen LogP contribution in [0.3, 0.4) is 0 Å². The van der Waals surface area contributed by atoms with E-state index in [9.17, 15) is 9.59 Å². The fraction of sp³-hybridized carbons (Fsp3) is 0.200. The molecular weight excluding hydrogens is 234 g/mol. The standard InChI is InChI=1S/C10H10ClNO4/c1-16-10(15)12(8(11)9(13)14)7-5-3-2-4-6-7/h2-6,8H,1H3,(H,13,14). The lowest BCUT2D eigenvalue weighted by Crippen LogP contribution is -2.41. The number of benzene rings is 1. The molecule has 1 unspecified atom stereocenters. The number of anilines is 1. The number of carbonyl (C=O) groups excluding carboxylic acids is 1. The number of aliphatic carboxylic acids is 1. The topological polar surface area (TPSA) is 66.8 Å². The van der Waals surface area contributed by atoms with Gasteiger partial charge in [0.05, 0.1) is 7.11 Å². The number of carbonyl (C=O) groups is 2. The molecule has 0 aliphatic heterocycles. The van der Waals surface area contributed by atoms with Crippen molar-refractivity contribution < 1.29 is 19.4 Å². The average molecular weight is 244 g/mol. The molecule has 0 radical (unpaired) electrons. The van der Waals surface area contributed by atoms with Crippen LogP contribution >= 0.6 is 11.6 Å². The van der Waals surface area contributed by atoms with Crippen molar-refractivity contribution in [3.63, 3.8) is 0 Å². The van der Waals surface area contributed by atoms with E-state index in [1.165, 1.54) is 0 Å². The monoisotopic (exact) mass is 243 g/mol. The number of amides is 1. The van der Waals surface area contributed by atoms with Crippen LogP contribution in [0.2, 0.25) is 0 Å². The van der Waals surface area contributed by atoms with Crippen LogP contribution in [-0.2, 0) is 9.53 Å². The van der Waals surface area contributed by atoms with E-state index >= 15 is 0 Å². The van der Waals surface area contributed by atoms with Crippen LogP contribution in [0.25, 0.3) is 0 Å². The maximum absolute atomic E-state index is 11.4. The van der Waals surface area contributed by atoms with Gasteiger partial charge in [0.2, 0.25) is 5.50 Å². The first-order valence-electron chi connectivity index (χ1n) is 4.37. The highest BCUT2D eigenvalue weighted by atomic mass is 35.5. The van der Waals surface area contributed by atoms with E-state index in [0.717, 1.165) is 12.0 Å². The third kappa shape index (κ3) is 2.64. The van der Waals surface area contributed by atoms with Crippen LogP contribution in [0, 0.1) is 0 Å². The molecule has 1 N–H and O–H groups in total. The normalized spacial score (nSPS) is 11.6. The first kappa shape index (κ1) is 12.3. The Bertz CT molecular complexity index is 382. The highest BCUT2D eigenvalue weighted by Crippen LogP contribution is 2.19. The predicted molar refractivity (Wildman–Crippen MR) is 58.6 cm³/mol. The summed E-state index contributed by atoms with van der Waals surface area (Å²) in [6.45, 7) is 0. The number of carboxylic acid groups (broad SMARTS) is 1. The SMILES string of the molecule is COC(=O)N(c1ccccc1)C(Cl)C(=O)O. The second-order valence-corrected chi connectivity index (χ2v) is 3.26. The second-order valence-electron chi connectivity index (χ2n) is 2.85. The average Bonchev–Trinajstić information content (AvgIpc) is 2.30. The minimum atomic E-state index is -1.50. The summed E-state index contributed by atoms with van der Waals surface area (Å²) in [6.07, 6.45) is -0.825. The van der Waals surface area contributed by atoms with Gasteiger partial charge in [-0.05, 0) is 12.1 Å². The zero-order valence-corrected chi connectivity index (χ0v) is 9.22. The van der Waals surface area contributed by atoms with Gasteiger partial charge in [0.25, 0.3) is 0 Å². The molecule has 0 saturated carbocycles. The maximum atomic E-state index is 11.4. The number of halogens is 1. The number of alkyl halides is 1. The van der Waals surface area contributed by atoms with E-state index in [1.807, 2.05) is 0 Å². The van der Waals surface area contributed by atoms with E-state index in [0.29, 0.717) is 5.69 Å². The lowest BCUT2D eigenvalue weighted by molar-refractivity contribution is -0.136. The smallest absolute Gasteiger partial charge is 0.415 e. The number of rotatable bonds is 3. The fourth-order valence-electron chi connectivity index (χ4n) is 1.13. The van der Waals surface area contributed by atoms with Gasteiger partial charge in [0.15, 0.2) is 0 Å². The predicted octanol–water partition coefficient (Wildman–Crippen LogP) is 1.91. The van der Waals surface area contributed by atoms with Crippen molar-refractivity contribution >= 4 is 29.4 Å². The van der Waals surface area contributed by atoms with Crippen LogP contribution in [-0.4, -0.2) is 29.8 Å². The van der Waals surface area contributed by atoms with Crippen LogP contribution in [0.1, 0.15) is 0 Å². The minimum absolute atomic E-state index is 0.358. The summed E-state index contributed by atoms with van der Waals surface area (Å²) in [5.41, 5.74) is -1.15. The van der Waals surface area contributed by atoms with Gasteiger partial charge in [-0.25, -0.2) is 14.5 Å². The zero-order chi connectivity index (χ0) is 12.1. The Morgan fingerprint density at radius 1 is 1.38 bits per heavy atom. The molecule has 0 aliphatic rings. The Labute approximate surface area is 97.2 Å². The molecule has 0 saturated heterocycles. The zero-order valence-electron chi connectivity index (χ0n) is 8.46. The van der Waals surface area contributed by atoms with Gasteiger partial charge >= 0.3 is 12.1 Å². The summed E-state index contributed by atoms with van der Waals surface area (Å²) in [7, 11) is 1.16. The van der Waals surface area contributed by atoms with Crippen molar-refractivity contribution in [2.24, 2.45) is 0 Å². The van der Waals surface area contributed by atoms with Gasteiger partial charge in [-0.15, -0.1) is 0 Å². The van der Waals surface area contributed by atoms with Gasteiger partial charge in [-0.1, -0.05) is 29.8 Å². The number of methoxy groups -OCH3 is 1. The third-order valence-electron chi connectivity index (χ3n) is 1.84. The molecule has 6 heteroatoms. The van der Waals surface area contributed by atoms with Crippen molar-refractivity contribution in [2.75, 3.05) is 12.0 Å². The van der Waals surface area contributed by atoms with Crippen molar-refractivity contribution in [3.05, 3.63) is 30.3 Å². The number of hydrogen-bond acceptors (Lipinski definition) is 3. The number of nitrogens with zero attached hydrogens (tertiary/aromatic N) is 1. The molecule has 1 rings (SSSR count). The van der Waals surface area contributed by atoms with E-state index in [-0.39, 0.29) is 0 Å². The molecule has 1 amide bonds. The summed E-state index contributed by atoms with van der Waals surface area (Å²) >= 11 is 5.62. The number of ether oxygens (including phenoxy) is 1. The molecule has 1 aromatic carbocycles. The molecule has 0 aromatic heterocycles. The molecular formula is C10H10ClNO4. The summed E-state index contributed by atoms with van der Waals surface area (Å²) in [5, 5.41) is 8.78. The lowest BCUT2D eigenvalue weighted by Gasteiger charge is -2.23. The highest BCUT2D eigenvalue weighted by molar-refractivity contribution is 6.32. The van der Waals surface area contributed by atoms with Gasteiger partial charge in [-0.2, -0.15) is 0 Å². The molecule has 0 bridgehead atoms. The van der Waals surface area contributed by atoms with Crippen LogP contribution < -0.4 is 4.90 Å². The van der Waals surface area contributed by atoms with Crippen molar-refractivity contribution in [1.29, 1.82) is 0 Å². The van der Waals surface area contributed by atoms with Crippen molar-refractivity contribution in [3.8, 4) is 0 Å². The molecule has 16 heavy (non-hydrogen) atoms. The molecule has 1 aromatic rings. The van der Waals surface area contributed by atoms with Crippen LogP contribution in [0.4, 0.5) is 10.5 Å². The molecule has 0 spiro atoms. The van der Waals surface area contributed by atoms with Crippen LogP contribution in [0.5, 0.6) is 0 Å². The number of carboxylic acids is 1. The molecule has 86 valence electrons. The fourth-order valence-corrected chi connectivity index (χ4v) is 1.32. The quantitative estimate of drug-likeness (QED) is 0.651. The molecule has 0 aliphatic carbocycles. The minimum Gasteiger partial charge on any atom is -0.479 e. The summed E-state index contributed by atoms with van der Waals surface area (Å²) in [6, 6.07) is 8.20. The Hall–Kier alpha value is -1.75. The van der Waals surface area contributed by atoms with Gasteiger partial charge in [-0.3, -0.25) is 0 Å². The van der Waals surface area contributed by atoms with Crippen molar-refractivity contribution in [1.82, 2.24) is 0 Å². The Morgan fingerprint density at radius 2 is 1.94 bits per heavy atom. The van der Waals surface area contributed by atoms with Gasteiger partial charge in [0.1, 0.15) is 0 Å². The Kier molecular flexibility index (Phi) is 4.13. The number of hydrogen-bond donors (Lipinski definition) is 1. The van der Waals surface area contributed by atoms with Crippen LogP contribution in [0.15, 0.2) is 30.3 Å². The second kappa shape index (κ2) is 5.37. The van der Waals surface area contributed by atoms with Gasteiger partial charge < -0.3 is 9.84 Å². The maximum Gasteiger partial charge on any atom is 0.415 e. The molecule has 0 fully saturated rings. The van der Waals surface area contributed by atoms with E-state index in [4.69, 9.17) is 16.7 Å². The summed E-state index contributed by atoms with van der Waals surface area (Å²) < 4.78 is 4.48. The first-order chi connectivity index (χ1) is 7.57. The van der Waals surface area contributed by atoms with E-state index < -0.39 is 17.6 Å². The van der Waals surface area contributed by atoms with Crippen molar-refractivity contribution in [2.45, 2.75) is 5.50 Å². The van der Waals surface area contributed by atoms with Gasteiger partial charge in [0, 0.05) is 5.69 Å². The molecule has 5 nitrogen and oxygen atoms in total. The van der Waals surface area contributed by atoms with E-state index in [1.54, 1.807) is 30.3 Å². The highest BCUT2D eigenvalue weighted by Gasteiger charge is 2.29. The Morgan fingerprint density at radius 3 is 2.38 bits per heavy atom. The molecule has 1 atom stereocenters. The molecule has 0 heterocycles. The lowest BCUT2D eigenvalue weighted by atomic mass is 10.3. The summed E-state index contributed by atoms with van der Waals surface area (Å²) in [4.78, 5) is 23.0.